The monoisotopic (exact) mass is 254 g/mol. The Morgan fingerprint density at radius 1 is 1.65 bits per heavy atom. The summed E-state index contributed by atoms with van der Waals surface area (Å²) < 4.78 is 5.35. The van der Waals surface area contributed by atoms with E-state index in [4.69, 9.17) is 16.3 Å². The Morgan fingerprint density at radius 3 is 3.24 bits per heavy atom. The molecule has 0 aromatic carbocycles. The summed E-state index contributed by atoms with van der Waals surface area (Å²) in [5.74, 6) is 0.233. The number of nitrogens with zero attached hydrogens (tertiary/aromatic N) is 1. The smallest absolute Gasteiger partial charge is 0.254 e. The van der Waals surface area contributed by atoms with Gasteiger partial charge in [-0.15, -0.1) is 0 Å². The van der Waals surface area contributed by atoms with Crippen LogP contribution < -0.4 is 5.32 Å². The number of halogens is 1. The quantitative estimate of drug-likeness (QED) is 0.838. The molecule has 1 amide bonds. The van der Waals surface area contributed by atoms with Crippen LogP contribution in [0.2, 0.25) is 5.15 Å². The Bertz CT molecular complexity index is 392. The summed E-state index contributed by atoms with van der Waals surface area (Å²) in [5, 5.41) is 3.11. The van der Waals surface area contributed by atoms with Gasteiger partial charge in [0.1, 0.15) is 5.15 Å². The summed E-state index contributed by atoms with van der Waals surface area (Å²) in [6.07, 6.45) is 3.73. The highest BCUT2D eigenvalue weighted by atomic mass is 35.5. The van der Waals surface area contributed by atoms with Gasteiger partial charge in [-0.25, -0.2) is 4.98 Å². The Hall–Kier alpha value is -1.13. The van der Waals surface area contributed by atoms with Gasteiger partial charge in [0.15, 0.2) is 0 Å². The first-order valence-corrected chi connectivity index (χ1v) is 6.11. The minimum Gasteiger partial charge on any atom is -0.381 e. The SMILES string of the molecule is O=C(NCC1CCCOC1)c1cccnc1Cl. The lowest BCUT2D eigenvalue weighted by Crippen LogP contribution is -2.33. The van der Waals surface area contributed by atoms with E-state index in [0.717, 1.165) is 26.1 Å². The van der Waals surface area contributed by atoms with Crippen molar-refractivity contribution in [3.8, 4) is 0 Å². The molecule has 1 N–H and O–H groups in total. The summed E-state index contributed by atoms with van der Waals surface area (Å²) in [6.45, 7) is 2.18. The summed E-state index contributed by atoms with van der Waals surface area (Å²) in [6, 6.07) is 3.37. The Kier molecular flexibility index (Phi) is 4.34. The fourth-order valence-electron chi connectivity index (χ4n) is 1.86. The molecular formula is C12H15ClN2O2. The van der Waals surface area contributed by atoms with E-state index in [-0.39, 0.29) is 11.1 Å². The van der Waals surface area contributed by atoms with Crippen molar-refractivity contribution in [3.63, 3.8) is 0 Å². The molecule has 5 heteroatoms. The number of amides is 1. The topological polar surface area (TPSA) is 51.2 Å². The number of hydrogen-bond acceptors (Lipinski definition) is 3. The summed E-state index contributed by atoms with van der Waals surface area (Å²) in [5.41, 5.74) is 0.422. The fourth-order valence-corrected chi connectivity index (χ4v) is 2.06. The maximum absolute atomic E-state index is 11.8. The third-order valence-electron chi connectivity index (χ3n) is 2.81. The lowest BCUT2D eigenvalue weighted by molar-refractivity contribution is 0.0536. The van der Waals surface area contributed by atoms with Gasteiger partial charge in [0, 0.05) is 19.3 Å². The van der Waals surface area contributed by atoms with Crippen molar-refractivity contribution in [1.29, 1.82) is 0 Å². The highest BCUT2D eigenvalue weighted by molar-refractivity contribution is 6.32. The molecule has 1 aliphatic heterocycles. The van der Waals surface area contributed by atoms with Crippen LogP contribution in [0.3, 0.4) is 0 Å². The highest BCUT2D eigenvalue weighted by Gasteiger charge is 2.16. The Morgan fingerprint density at radius 2 is 2.53 bits per heavy atom. The van der Waals surface area contributed by atoms with Crippen LogP contribution in [0.5, 0.6) is 0 Å². The Balaban J connectivity index is 1.87. The molecular weight excluding hydrogens is 240 g/mol. The van der Waals surface area contributed by atoms with E-state index in [2.05, 4.69) is 10.3 Å². The normalized spacial score (nSPS) is 19.9. The molecule has 1 aliphatic rings. The molecule has 92 valence electrons. The van der Waals surface area contributed by atoms with Gasteiger partial charge in [-0.3, -0.25) is 4.79 Å². The number of pyridine rings is 1. The van der Waals surface area contributed by atoms with Gasteiger partial charge in [-0.05, 0) is 30.9 Å². The minimum absolute atomic E-state index is 0.173. The first-order valence-electron chi connectivity index (χ1n) is 5.74. The first kappa shape index (κ1) is 12.3. The van der Waals surface area contributed by atoms with Gasteiger partial charge in [0.05, 0.1) is 12.2 Å². The lowest BCUT2D eigenvalue weighted by Gasteiger charge is -2.22. The zero-order valence-corrected chi connectivity index (χ0v) is 10.2. The van der Waals surface area contributed by atoms with Crippen molar-refractivity contribution in [2.45, 2.75) is 12.8 Å². The van der Waals surface area contributed by atoms with Crippen LogP contribution in [0.1, 0.15) is 23.2 Å². The molecule has 2 rings (SSSR count). The van der Waals surface area contributed by atoms with Gasteiger partial charge in [-0.2, -0.15) is 0 Å². The molecule has 2 heterocycles. The summed E-state index contributed by atoms with van der Waals surface area (Å²) in [4.78, 5) is 15.7. The zero-order chi connectivity index (χ0) is 12.1. The van der Waals surface area contributed by atoms with Crippen LogP contribution in [-0.4, -0.2) is 30.6 Å². The van der Waals surface area contributed by atoms with Crippen LogP contribution >= 0.6 is 11.6 Å². The van der Waals surface area contributed by atoms with Crippen molar-refractivity contribution in [2.24, 2.45) is 5.92 Å². The zero-order valence-electron chi connectivity index (χ0n) is 9.49. The molecule has 1 unspecified atom stereocenters. The molecule has 0 radical (unpaired) electrons. The van der Waals surface area contributed by atoms with Crippen LogP contribution in [-0.2, 0) is 4.74 Å². The van der Waals surface area contributed by atoms with E-state index in [1.165, 1.54) is 0 Å². The van der Waals surface area contributed by atoms with Crippen LogP contribution in [0.25, 0.3) is 0 Å². The van der Waals surface area contributed by atoms with E-state index < -0.39 is 0 Å². The van der Waals surface area contributed by atoms with E-state index in [1.807, 2.05) is 0 Å². The van der Waals surface area contributed by atoms with Crippen molar-refractivity contribution < 1.29 is 9.53 Å². The molecule has 1 saturated heterocycles. The number of aromatic nitrogens is 1. The second-order valence-electron chi connectivity index (χ2n) is 4.13. The molecule has 17 heavy (non-hydrogen) atoms. The van der Waals surface area contributed by atoms with E-state index in [9.17, 15) is 4.79 Å². The standard InChI is InChI=1S/C12H15ClN2O2/c13-11-10(4-1-5-14-11)12(16)15-7-9-3-2-6-17-8-9/h1,4-5,9H,2-3,6-8H2,(H,15,16). The van der Waals surface area contributed by atoms with Gasteiger partial charge < -0.3 is 10.1 Å². The predicted molar refractivity (Wildman–Crippen MR) is 65.1 cm³/mol. The van der Waals surface area contributed by atoms with Crippen LogP contribution in [0, 0.1) is 5.92 Å². The van der Waals surface area contributed by atoms with Crippen molar-refractivity contribution in [3.05, 3.63) is 29.0 Å². The molecule has 0 aliphatic carbocycles. The Labute approximate surface area is 105 Å². The van der Waals surface area contributed by atoms with Gasteiger partial charge >= 0.3 is 0 Å². The largest absolute Gasteiger partial charge is 0.381 e. The molecule has 0 spiro atoms. The van der Waals surface area contributed by atoms with E-state index in [0.29, 0.717) is 18.0 Å². The third-order valence-corrected chi connectivity index (χ3v) is 3.11. The lowest BCUT2D eigenvalue weighted by atomic mass is 10.0. The minimum atomic E-state index is -0.173. The number of rotatable bonds is 3. The molecule has 4 nitrogen and oxygen atoms in total. The highest BCUT2D eigenvalue weighted by Crippen LogP contribution is 2.14. The number of carbonyl (C=O) groups is 1. The van der Waals surface area contributed by atoms with Crippen molar-refractivity contribution in [2.75, 3.05) is 19.8 Å². The summed E-state index contributed by atoms with van der Waals surface area (Å²) >= 11 is 5.84. The van der Waals surface area contributed by atoms with Crippen LogP contribution in [0.15, 0.2) is 18.3 Å². The molecule has 1 aromatic rings. The predicted octanol–water partition coefficient (Wildman–Crippen LogP) is 1.89. The van der Waals surface area contributed by atoms with Crippen molar-refractivity contribution in [1.82, 2.24) is 10.3 Å². The van der Waals surface area contributed by atoms with E-state index in [1.54, 1.807) is 18.3 Å². The molecule has 0 saturated carbocycles. The number of ether oxygens (including phenoxy) is 1. The molecule has 1 aromatic heterocycles. The van der Waals surface area contributed by atoms with Crippen LogP contribution in [0.4, 0.5) is 0 Å². The maximum atomic E-state index is 11.8. The fraction of sp³-hybridized carbons (Fsp3) is 0.500. The second kappa shape index (κ2) is 5.98. The summed E-state index contributed by atoms with van der Waals surface area (Å²) in [7, 11) is 0. The van der Waals surface area contributed by atoms with E-state index >= 15 is 0 Å². The molecule has 0 bridgehead atoms. The van der Waals surface area contributed by atoms with Crippen molar-refractivity contribution >= 4 is 17.5 Å². The average Bonchev–Trinajstić information content (AvgIpc) is 2.38. The van der Waals surface area contributed by atoms with Gasteiger partial charge in [0.2, 0.25) is 0 Å². The number of nitrogens with one attached hydrogen (secondary N) is 1. The third kappa shape index (κ3) is 3.41. The second-order valence-corrected chi connectivity index (χ2v) is 4.49. The first-order chi connectivity index (χ1) is 8.27. The average molecular weight is 255 g/mol. The number of carbonyl (C=O) groups excluding carboxylic acids is 1. The number of hydrogen-bond donors (Lipinski definition) is 1. The molecule has 1 atom stereocenters. The van der Waals surface area contributed by atoms with Gasteiger partial charge in [0.25, 0.3) is 5.91 Å². The molecule has 1 fully saturated rings. The maximum Gasteiger partial charge on any atom is 0.254 e. The van der Waals surface area contributed by atoms with Gasteiger partial charge in [-0.1, -0.05) is 11.6 Å².